The predicted molar refractivity (Wildman–Crippen MR) is 94.5 cm³/mol. The molecule has 2 heterocycles. The lowest BCUT2D eigenvalue weighted by Gasteiger charge is -2.13. The summed E-state index contributed by atoms with van der Waals surface area (Å²) >= 11 is 1.75. The Hall–Kier alpha value is -2.59. The largest absolute Gasteiger partial charge is 0.338 e. The average Bonchev–Trinajstić information content (AvgIpc) is 2.91. The van der Waals surface area contributed by atoms with E-state index >= 15 is 0 Å². The molecule has 2 aliphatic rings. The lowest BCUT2D eigenvalue weighted by Crippen LogP contribution is -2.09. The zero-order valence-corrected chi connectivity index (χ0v) is 13.4. The van der Waals surface area contributed by atoms with E-state index in [4.69, 9.17) is 0 Å². The fraction of sp³-hybridized carbons (Fsp3) is 0.0526. The number of rotatable bonds is 1. The van der Waals surface area contributed by atoms with Gasteiger partial charge in [-0.3, -0.25) is 9.78 Å². The molecule has 1 aliphatic carbocycles. The molecule has 0 N–H and O–H groups in total. The van der Waals surface area contributed by atoms with Crippen molar-refractivity contribution in [2.75, 3.05) is 11.9 Å². The molecular weight excluding hydrogens is 304 g/mol. The van der Waals surface area contributed by atoms with Crippen molar-refractivity contribution < 1.29 is 4.79 Å². The van der Waals surface area contributed by atoms with Gasteiger partial charge in [0, 0.05) is 23.7 Å². The first-order valence-electron chi connectivity index (χ1n) is 7.34. The average molecular weight is 318 g/mol. The third-order valence-corrected chi connectivity index (χ3v) is 5.13. The molecule has 0 amide bonds. The molecule has 0 spiro atoms. The Morgan fingerprint density at radius 1 is 1.09 bits per heavy atom. The van der Waals surface area contributed by atoms with E-state index in [2.05, 4.69) is 47.3 Å². The van der Waals surface area contributed by atoms with Crippen LogP contribution in [-0.2, 0) is 0 Å². The second-order valence-electron chi connectivity index (χ2n) is 5.35. The SMILES string of the molecule is CN1/C(=C\C=C2/C=CC(=O)c3ncccc32)Sc2ccccc21. The van der Waals surface area contributed by atoms with Crippen molar-refractivity contribution in [3.05, 3.63) is 83.2 Å². The summed E-state index contributed by atoms with van der Waals surface area (Å²) in [5.41, 5.74) is 3.64. The maximum atomic E-state index is 11.9. The number of allylic oxidation sites excluding steroid dienone is 5. The molecule has 1 aliphatic heterocycles. The Morgan fingerprint density at radius 2 is 1.96 bits per heavy atom. The smallest absolute Gasteiger partial charge is 0.204 e. The second-order valence-corrected chi connectivity index (χ2v) is 6.42. The van der Waals surface area contributed by atoms with Crippen LogP contribution >= 0.6 is 11.8 Å². The Bertz CT molecular complexity index is 896. The number of benzene rings is 1. The first kappa shape index (κ1) is 14.0. The maximum Gasteiger partial charge on any atom is 0.204 e. The number of nitrogens with zero attached hydrogens (tertiary/aromatic N) is 2. The van der Waals surface area contributed by atoms with Crippen LogP contribution < -0.4 is 4.90 Å². The third-order valence-electron chi connectivity index (χ3n) is 3.94. The van der Waals surface area contributed by atoms with Crippen LogP contribution in [0.25, 0.3) is 5.57 Å². The van der Waals surface area contributed by atoms with E-state index in [9.17, 15) is 4.79 Å². The van der Waals surface area contributed by atoms with Crippen molar-refractivity contribution in [2.45, 2.75) is 4.90 Å². The Morgan fingerprint density at radius 3 is 2.83 bits per heavy atom. The topological polar surface area (TPSA) is 33.2 Å². The molecule has 4 rings (SSSR count). The molecule has 2 aromatic rings. The number of ketones is 1. The molecule has 3 nitrogen and oxygen atoms in total. The van der Waals surface area contributed by atoms with Gasteiger partial charge in [0.15, 0.2) is 0 Å². The van der Waals surface area contributed by atoms with Crippen molar-refractivity contribution >= 4 is 28.8 Å². The first-order valence-corrected chi connectivity index (χ1v) is 8.16. The Balaban J connectivity index is 1.70. The fourth-order valence-corrected chi connectivity index (χ4v) is 3.79. The van der Waals surface area contributed by atoms with Crippen molar-refractivity contribution in [3.63, 3.8) is 0 Å². The van der Waals surface area contributed by atoms with Gasteiger partial charge in [0.1, 0.15) is 5.69 Å². The molecule has 112 valence electrons. The minimum absolute atomic E-state index is 0.0369. The predicted octanol–water partition coefficient (Wildman–Crippen LogP) is 4.30. The summed E-state index contributed by atoms with van der Waals surface area (Å²) in [5, 5.41) is 1.16. The molecule has 0 radical (unpaired) electrons. The lowest BCUT2D eigenvalue weighted by molar-refractivity contribution is 0.104. The highest BCUT2D eigenvalue weighted by atomic mass is 32.2. The molecular formula is C19H14N2OS. The van der Waals surface area contributed by atoms with Gasteiger partial charge in [-0.2, -0.15) is 0 Å². The molecule has 0 fully saturated rings. The minimum Gasteiger partial charge on any atom is -0.338 e. The van der Waals surface area contributed by atoms with Crippen molar-refractivity contribution in [1.29, 1.82) is 0 Å². The Kier molecular flexibility index (Phi) is 3.39. The summed E-state index contributed by atoms with van der Waals surface area (Å²) in [7, 11) is 2.07. The quantitative estimate of drug-likeness (QED) is 0.785. The van der Waals surface area contributed by atoms with Crippen LogP contribution in [0.1, 0.15) is 16.1 Å². The molecule has 0 bridgehead atoms. The van der Waals surface area contributed by atoms with Gasteiger partial charge in [0.2, 0.25) is 5.78 Å². The highest BCUT2D eigenvalue weighted by Crippen LogP contribution is 2.44. The number of aromatic nitrogens is 1. The molecule has 0 saturated carbocycles. The highest BCUT2D eigenvalue weighted by Gasteiger charge is 2.21. The molecule has 0 saturated heterocycles. The summed E-state index contributed by atoms with van der Waals surface area (Å²) in [6.07, 6.45) is 9.24. The molecule has 4 heteroatoms. The first-order chi connectivity index (χ1) is 11.2. The summed E-state index contributed by atoms with van der Waals surface area (Å²) < 4.78 is 0. The number of para-hydroxylation sites is 1. The van der Waals surface area contributed by atoms with E-state index in [1.54, 1.807) is 24.0 Å². The standard InChI is InChI=1S/C19H14N2OS/c1-21-15-6-2-3-7-17(15)23-18(21)11-9-13-8-10-16(22)19-14(13)5-4-12-20-19/h2-12H,1H3/b13-9+,18-11+. The number of carbonyl (C=O) groups excluding carboxylic acids is 1. The highest BCUT2D eigenvalue weighted by molar-refractivity contribution is 8.03. The molecule has 1 aromatic carbocycles. The number of anilines is 1. The molecule has 0 atom stereocenters. The van der Waals surface area contributed by atoms with Crippen LogP contribution in [0.3, 0.4) is 0 Å². The van der Waals surface area contributed by atoms with Gasteiger partial charge < -0.3 is 4.90 Å². The normalized spacial score (nSPS) is 19.3. The summed E-state index contributed by atoms with van der Waals surface area (Å²) in [6.45, 7) is 0. The van der Waals surface area contributed by atoms with E-state index < -0.39 is 0 Å². The summed E-state index contributed by atoms with van der Waals surface area (Å²) in [6, 6.07) is 12.2. The van der Waals surface area contributed by atoms with E-state index in [0.29, 0.717) is 5.69 Å². The van der Waals surface area contributed by atoms with Gasteiger partial charge in [-0.1, -0.05) is 42.1 Å². The third kappa shape index (κ3) is 2.41. The van der Waals surface area contributed by atoms with E-state index in [1.165, 1.54) is 10.6 Å². The summed E-state index contributed by atoms with van der Waals surface area (Å²) in [5.74, 6) is -0.0369. The number of thioether (sulfide) groups is 1. The van der Waals surface area contributed by atoms with Crippen molar-refractivity contribution in [1.82, 2.24) is 4.98 Å². The van der Waals surface area contributed by atoms with Gasteiger partial charge in [-0.05, 0) is 35.9 Å². The van der Waals surface area contributed by atoms with E-state index in [1.807, 2.05) is 24.3 Å². The summed E-state index contributed by atoms with van der Waals surface area (Å²) in [4.78, 5) is 19.5. The maximum absolute atomic E-state index is 11.9. The second kappa shape index (κ2) is 5.56. The zero-order valence-electron chi connectivity index (χ0n) is 12.6. The number of carbonyl (C=O) groups is 1. The molecule has 23 heavy (non-hydrogen) atoms. The van der Waals surface area contributed by atoms with E-state index in [0.717, 1.165) is 16.2 Å². The lowest BCUT2D eigenvalue weighted by atomic mass is 9.96. The molecule has 0 unspecified atom stereocenters. The Labute approximate surface area is 139 Å². The van der Waals surface area contributed by atoms with Gasteiger partial charge in [-0.15, -0.1) is 0 Å². The van der Waals surface area contributed by atoms with Crippen LogP contribution in [0.2, 0.25) is 0 Å². The van der Waals surface area contributed by atoms with Gasteiger partial charge >= 0.3 is 0 Å². The minimum atomic E-state index is -0.0369. The van der Waals surface area contributed by atoms with Gasteiger partial charge in [0.05, 0.1) is 10.7 Å². The van der Waals surface area contributed by atoms with Crippen LogP contribution in [0.15, 0.2) is 76.8 Å². The number of hydrogen-bond acceptors (Lipinski definition) is 4. The zero-order chi connectivity index (χ0) is 15.8. The fourth-order valence-electron chi connectivity index (χ4n) is 2.74. The van der Waals surface area contributed by atoms with Crippen LogP contribution in [-0.4, -0.2) is 17.8 Å². The number of fused-ring (bicyclic) bond motifs is 2. The van der Waals surface area contributed by atoms with Crippen LogP contribution in [0.5, 0.6) is 0 Å². The van der Waals surface area contributed by atoms with E-state index in [-0.39, 0.29) is 5.78 Å². The molecule has 1 aromatic heterocycles. The van der Waals surface area contributed by atoms with Gasteiger partial charge in [0.25, 0.3) is 0 Å². The van der Waals surface area contributed by atoms with Gasteiger partial charge in [-0.25, -0.2) is 0 Å². The van der Waals surface area contributed by atoms with Crippen molar-refractivity contribution in [2.24, 2.45) is 0 Å². The van der Waals surface area contributed by atoms with Crippen molar-refractivity contribution in [3.8, 4) is 0 Å². The number of hydrogen-bond donors (Lipinski definition) is 0. The van der Waals surface area contributed by atoms with Crippen LogP contribution in [0, 0.1) is 0 Å². The monoisotopic (exact) mass is 318 g/mol. The van der Waals surface area contributed by atoms with Crippen LogP contribution in [0.4, 0.5) is 5.69 Å². The number of pyridine rings is 1.